The van der Waals surface area contributed by atoms with Crippen LogP contribution < -0.4 is 0 Å². The zero-order valence-corrected chi connectivity index (χ0v) is 13.2. The van der Waals surface area contributed by atoms with Crippen LogP contribution in [0, 0.1) is 0 Å². The highest BCUT2D eigenvalue weighted by molar-refractivity contribution is 9.10. The zero-order chi connectivity index (χ0) is 13.7. The smallest absolute Gasteiger partial charge is 0.265 e. The van der Waals surface area contributed by atoms with E-state index in [0.29, 0.717) is 0 Å². The first-order valence-corrected chi connectivity index (χ1v) is 7.95. The summed E-state index contributed by atoms with van der Waals surface area (Å²) in [6, 6.07) is 12.2. The van der Waals surface area contributed by atoms with Gasteiger partial charge in [-0.25, -0.2) is 0 Å². The molecule has 0 atom stereocenters. The van der Waals surface area contributed by atoms with Crippen LogP contribution >= 0.6 is 27.3 Å². The third-order valence-electron chi connectivity index (χ3n) is 2.99. The van der Waals surface area contributed by atoms with Crippen molar-refractivity contribution in [1.82, 2.24) is 4.90 Å². The van der Waals surface area contributed by atoms with Crippen LogP contribution in [0.2, 0.25) is 0 Å². The summed E-state index contributed by atoms with van der Waals surface area (Å²) in [6.07, 6.45) is 0.892. The van der Waals surface area contributed by atoms with E-state index in [4.69, 9.17) is 0 Å². The van der Waals surface area contributed by atoms with E-state index >= 15 is 0 Å². The minimum Gasteiger partial charge on any atom is -0.338 e. The van der Waals surface area contributed by atoms with Crippen molar-refractivity contribution in [2.75, 3.05) is 13.1 Å². The largest absolute Gasteiger partial charge is 0.338 e. The Kier molecular flexibility index (Phi) is 5.16. The lowest BCUT2D eigenvalue weighted by Crippen LogP contribution is -2.32. The molecule has 0 aliphatic heterocycles. The van der Waals surface area contributed by atoms with Gasteiger partial charge in [-0.3, -0.25) is 4.79 Å². The SMILES string of the molecule is CCN(CCc1ccccc1)C(=O)c1sccc1Br. The highest BCUT2D eigenvalue weighted by atomic mass is 79.9. The number of rotatable bonds is 5. The molecule has 2 aromatic rings. The summed E-state index contributed by atoms with van der Waals surface area (Å²) in [7, 11) is 0. The van der Waals surface area contributed by atoms with Crippen LogP contribution in [0.15, 0.2) is 46.3 Å². The van der Waals surface area contributed by atoms with Gasteiger partial charge in [0.25, 0.3) is 5.91 Å². The number of benzene rings is 1. The number of thiophene rings is 1. The van der Waals surface area contributed by atoms with Crippen LogP contribution in [0.4, 0.5) is 0 Å². The number of nitrogens with zero attached hydrogens (tertiary/aromatic N) is 1. The van der Waals surface area contributed by atoms with Gasteiger partial charge in [0.1, 0.15) is 4.88 Å². The molecule has 0 saturated heterocycles. The summed E-state index contributed by atoms with van der Waals surface area (Å²) in [5, 5.41) is 1.93. The van der Waals surface area contributed by atoms with Crippen molar-refractivity contribution in [1.29, 1.82) is 0 Å². The van der Waals surface area contributed by atoms with E-state index in [1.54, 1.807) is 0 Å². The number of carbonyl (C=O) groups excluding carboxylic acids is 1. The molecular formula is C15H16BrNOS. The molecule has 0 aliphatic rings. The summed E-state index contributed by atoms with van der Waals surface area (Å²) in [6.45, 7) is 3.50. The average molecular weight is 338 g/mol. The lowest BCUT2D eigenvalue weighted by Gasteiger charge is -2.20. The maximum absolute atomic E-state index is 12.4. The number of halogens is 1. The Morgan fingerprint density at radius 3 is 2.58 bits per heavy atom. The maximum Gasteiger partial charge on any atom is 0.265 e. The van der Waals surface area contributed by atoms with Crippen LogP contribution in [-0.2, 0) is 6.42 Å². The fraction of sp³-hybridized carbons (Fsp3) is 0.267. The van der Waals surface area contributed by atoms with E-state index in [0.717, 1.165) is 28.9 Å². The van der Waals surface area contributed by atoms with Crippen LogP contribution in [0.5, 0.6) is 0 Å². The van der Waals surface area contributed by atoms with Crippen molar-refractivity contribution < 1.29 is 4.79 Å². The molecule has 2 nitrogen and oxygen atoms in total. The van der Waals surface area contributed by atoms with Gasteiger partial charge >= 0.3 is 0 Å². The Balaban J connectivity index is 2.01. The van der Waals surface area contributed by atoms with Crippen molar-refractivity contribution in [3.05, 3.63) is 56.7 Å². The molecule has 0 saturated carbocycles. The molecule has 1 aromatic heterocycles. The third kappa shape index (κ3) is 3.67. The second-order valence-corrected chi connectivity index (χ2v) is 5.99. The predicted octanol–water partition coefficient (Wildman–Crippen LogP) is 4.22. The first-order valence-electron chi connectivity index (χ1n) is 6.28. The Morgan fingerprint density at radius 2 is 2.00 bits per heavy atom. The molecule has 1 heterocycles. The Morgan fingerprint density at radius 1 is 1.26 bits per heavy atom. The van der Waals surface area contributed by atoms with Gasteiger partial charge < -0.3 is 4.90 Å². The highest BCUT2D eigenvalue weighted by Gasteiger charge is 2.17. The fourth-order valence-corrected chi connectivity index (χ4v) is 3.41. The van der Waals surface area contributed by atoms with Crippen molar-refractivity contribution in [2.24, 2.45) is 0 Å². The number of hydrogen-bond donors (Lipinski definition) is 0. The monoisotopic (exact) mass is 337 g/mol. The van der Waals surface area contributed by atoms with Gasteiger partial charge in [0.05, 0.1) is 0 Å². The number of carbonyl (C=O) groups is 1. The fourth-order valence-electron chi connectivity index (χ4n) is 1.90. The first kappa shape index (κ1) is 14.3. The normalized spacial score (nSPS) is 10.4. The van der Waals surface area contributed by atoms with Gasteiger partial charge in [-0.05, 0) is 46.3 Å². The molecule has 19 heavy (non-hydrogen) atoms. The molecule has 0 unspecified atom stereocenters. The summed E-state index contributed by atoms with van der Waals surface area (Å²) in [5.41, 5.74) is 1.26. The Bertz CT molecular complexity index is 538. The molecular weight excluding hydrogens is 322 g/mol. The number of amides is 1. The van der Waals surface area contributed by atoms with Crippen molar-refractivity contribution in [2.45, 2.75) is 13.3 Å². The van der Waals surface area contributed by atoms with E-state index in [1.807, 2.05) is 41.5 Å². The number of likely N-dealkylation sites (N-methyl/N-ethyl adjacent to an activating group) is 1. The van der Waals surface area contributed by atoms with Crippen molar-refractivity contribution in [3.63, 3.8) is 0 Å². The topological polar surface area (TPSA) is 20.3 Å². The minimum absolute atomic E-state index is 0.111. The van der Waals surface area contributed by atoms with E-state index in [9.17, 15) is 4.79 Å². The second-order valence-electron chi connectivity index (χ2n) is 4.22. The van der Waals surface area contributed by atoms with Crippen molar-refractivity contribution in [3.8, 4) is 0 Å². The van der Waals surface area contributed by atoms with E-state index in [-0.39, 0.29) is 5.91 Å². The standard InChI is InChI=1S/C15H16BrNOS/c1-2-17(10-8-12-6-4-3-5-7-12)15(18)14-13(16)9-11-19-14/h3-7,9,11H,2,8,10H2,1H3. The molecule has 100 valence electrons. The molecule has 0 radical (unpaired) electrons. The molecule has 0 aliphatic carbocycles. The molecule has 2 rings (SSSR count). The van der Waals surface area contributed by atoms with E-state index in [1.165, 1.54) is 16.9 Å². The quantitative estimate of drug-likeness (QED) is 0.799. The highest BCUT2D eigenvalue weighted by Crippen LogP contribution is 2.24. The average Bonchev–Trinajstić information content (AvgIpc) is 2.86. The Labute approximate surface area is 126 Å². The molecule has 0 fully saturated rings. The summed E-state index contributed by atoms with van der Waals surface area (Å²) in [5.74, 6) is 0.111. The van der Waals surface area contributed by atoms with Crippen LogP contribution in [0.3, 0.4) is 0 Å². The third-order valence-corrected chi connectivity index (χ3v) is 4.82. The van der Waals surface area contributed by atoms with Gasteiger partial charge in [-0.2, -0.15) is 0 Å². The van der Waals surface area contributed by atoms with Crippen LogP contribution in [-0.4, -0.2) is 23.9 Å². The molecule has 0 bridgehead atoms. The van der Waals surface area contributed by atoms with E-state index in [2.05, 4.69) is 28.1 Å². The summed E-state index contributed by atoms with van der Waals surface area (Å²) in [4.78, 5) is 15.1. The molecule has 1 aromatic carbocycles. The van der Waals surface area contributed by atoms with Crippen LogP contribution in [0.1, 0.15) is 22.2 Å². The van der Waals surface area contributed by atoms with Crippen molar-refractivity contribution >= 4 is 33.2 Å². The predicted molar refractivity (Wildman–Crippen MR) is 83.7 cm³/mol. The minimum atomic E-state index is 0.111. The van der Waals surface area contributed by atoms with Gasteiger partial charge in [0.15, 0.2) is 0 Å². The molecule has 0 N–H and O–H groups in total. The Hall–Kier alpha value is -1.13. The number of hydrogen-bond acceptors (Lipinski definition) is 2. The van der Waals surface area contributed by atoms with Gasteiger partial charge in [0, 0.05) is 17.6 Å². The van der Waals surface area contributed by atoms with Crippen LogP contribution in [0.25, 0.3) is 0 Å². The van der Waals surface area contributed by atoms with Gasteiger partial charge in [0.2, 0.25) is 0 Å². The zero-order valence-electron chi connectivity index (χ0n) is 10.8. The lowest BCUT2D eigenvalue weighted by molar-refractivity contribution is 0.0770. The molecule has 4 heteroatoms. The van der Waals surface area contributed by atoms with Gasteiger partial charge in [-0.1, -0.05) is 30.3 Å². The molecule has 0 spiro atoms. The van der Waals surface area contributed by atoms with E-state index < -0.39 is 0 Å². The lowest BCUT2D eigenvalue weighted by atomic mass is 10.1. The second kappa shape index (κ2) is 6.87. The summed E-state index contributed by atoms with van der Waals surface area (Å²) < 4.78 is 0.890. The molecule has 1 amide bonds. The maximum atomic E-state index is 12.4. The first-order chi connectivity index (χ1) is 9.22. The van der Waals surface area contributed by atoms with Gasteiger partial charge in [-0.15, -0.1) is 11.3 Å². The summed E-state index contributed by atoms with van der Waals surface area (Å²) >= 11 is 4.91.